The standard InChI is InChI=1S/C30H33ClN4O3/c1-30(2,37)20-7-12-28-25(17-20)23(24-5-3-13-33-26(24)19-38-28)6-4-14-34-15-16-35(27(18-34)29(32)36)22-10-8-21(31)9-11-22/h3,5-13,17,19,27,33,37H,4,14-16,18H2,1-2H3,(H2,32,36)/b23-6-. The molecule has 0 saturated carbocycles. The van der Waals surface area contributed by atoms with Gasteiger partial charge in [0, 0.05) is 54.2 Å². The number of halogens is 1. The molecule has 2 aromatic carbocycles. The van der Waals surface area contributed by atoms with E-state index in [1.807, 2.05) is 54.7 Å². The van der Waals surface area contributed by atoms with Crippen LogP contribution in [0.4, 0.5) is 5.69 Å². The fourth-order valence-electron chi connectivity index (χ4n) is 5.11. The van der Waals surface area contributed by atoms with Crippen molar-refractivity contribution >= 4 is 28.8 Å². The Hall–Kier alpha value is -3.52. The summed E-state index contributed by atoms with van der Waals surface area (Å²) in [7, 11) is 0. The van der Waals surface area contributed by atoms with Gasteiger partial charge < -0.3 is 25.8 Å². The van der Waals surface area contributed by atoms with Gasteiger partial charge in [-0.2, -0.15) is 0 Å². The number of fused-ring (bicyclic) bond motifs is 2. The molecule has 1 saturated heterocycles. The van der Waals surface area contributed by atoms with Gasteiger partial charge >= 0.3 is 0 Å². The van der Waals surface area contributed by atoms with Crippen LogP contribution in [0.2, 0.25) is 5.02 Å². The number of amides is 1. The van der Waals surface area contributed by atoms with Crippen molar-refractivity contribution in [3.8, 4) is 5.75 Å². The number of primary amides is 1. The van der Waals surface area contributed by atoms with E-state index in [4.69, 9.17) is 22.1 Å². The fourth-order valence-corrected chi connectivity index (χ4v) is 5.24. The van der Waals surface area contributed by atoms with Crippen LogP contribution in [-0.2, 0) is 10.4 Å². The molecule has 3 aliphatic rings. The van der Waals surface area contributed by atoms with Gasteiger partial charge in [-0.3, -0.25) is 9.69 Å². The van der Waals surface area contributed by atoms with Gasteiger partial charge in [0.05, 0.1) is 11.3 Å². The second-order valence-corrected chi connectivity index (χ2v) is 10.7. The molecule has 3 heterocycles. The van der Waals surface area contributed by atoms with Crippen molar-refractivity contribution in [1.82, 2.24) is 10.2 Å². The Morgan fingerprint density at radius 1 is 1.24 bits per heavy atom. The van der Waals surface area contributed by atoms with Gasteiger partial charge in [-0.05, 0) is 73.9 Å². The lowest BCUT2D eigenvalue weighted by molar-refractivity contribution is -0.120. The molecular formula is C30H33ClN4O3. The Morgan fingerprint density at radius 3 is 2.76 bits per heavy atom. The van der Waals surface area contributed by atoms with E-state index < -0.39 is 11.6 Å². The number of carbonyl (C=O) groups excluding carboxylic acids is 1. The number of aliphatic hydroxyl groups is 1. The molecule has 198 valence electrons. The van der Waals surface area contributed by atoms with E-state index in [1.54, 1.807) is 20.1 Å². The van der Waals surface area contributed by atoms with Gasteiger partial charge in [-0.15, -0.1) is 0 Å². The third-order valence-electron chi connectivity index (χ3n) is 7.20. The topological polar surface area (TPSA) is 91.1 Å². The SMILES string of the molecule is CC(C)(O)c1ccc2c(c1)/C(=C\CCN1CCN(c3ccc(Cl)cc3)C(C(N)=O)C1)C1=CC=CNC1=CO2. The summed E-state index contributed by atoms with van der Waals surface area (Å²) < 4.78 is 6.02. The van der Waals surface area contributed by atoms with E-state index >= 15 is 0 Å². The predicted molar refractivity (Wildman–Crippen MR) is 152 cm³/mol. The molecule has 1 unspecified atom stereocenters. The molecule has 2 aromatic rings. The second kappa shape index (κ2) is 10.7. The number of hydrogen-bond donors (Lipinski definition) is 3. The van der Waals surface area contributed by atoms with Gasteiger partial charge in [-0.25, -0.2) is 0 Å². The molecule has 0 aromatic heterocycles. The third-order valence-corrected chi connectivity index (χ3v) is 7.46. The number of nitrogens with zero attached hydrogens (tertiary/aromatic N) is 2. The number of nitrogens with two attached hydrogens (primary N) is 1. The minimum atomic E-state index is -0.977. The summed E-state index contributed by atoms with van der Waals surface area (Å²) in [5.41, 5.74) is 10.5. The first kappa shape index (κ1) is 26.1. The lowest BCUT2D eigenvalue weighted by atomic mass is 9.89. The zero-order chi connectivity index (χ0) is 26.9. The van der Waals surface area contributed by atoms with Crippen LogP contribution in [0.1, 0.15) is 31.4 Å². The van der Waals surface area contributed by atoms with E-state index in [1.165, 1.54) is 0 Å². The number of rotatable bonds is 6. The molecule has 0 spiro atoms. The van der Waals surface area contributed by atoms with E-state index in [0.717, 1.165) is 58.9 Å². The highest BCUT2D eigenvalue weighted by Gasteiger charge is 2.31. The monoisotopic (exact) mass is 532 g/mol. The first-order valence-electron chi connectivity index (χ1n) is 12.8. The maximum atomic E-state index is 12.4. The number of carbonyl (C=O) groups is 1. The second-order valence-electron chi connectivity index (χ2n) is 10.3. The molecule has 38 heavy (non-hydrogen) atoms. The molecular weight excluding hydrogens is 500 g/mol. The number of hydrogen-bond acceptors (Lipinski definition) is 6. The van der Waals surface area contributed by atoms with E-state index in [0.29, 0.717) is 18.1 Å². The average Bonchev–Trinajstić information content (AvgIpc) is 3.05. The third kappa shape index (κ3) is 5.50. The fraction of sp³-hybridized carbons (Fsp3) is 0.300. The maximum Gasteiger partial charge on any atom is 0.241 e. The van der Waals surface area contributed by atoms with Crippen LogP contribution >= 0.6 is 11.6 Å². The number of piperazine rings is 1. The Labute approximate surface area is 228 Å². The van der Waals surface area contributed by atoms with Crippen LogP contribution in [0.25, 0.3) is 5.57 Å². The molecule has 8 heteroatoms. The smallest absolute Gasteiger partial charge is 0.241 e. The van der Waals surface area contributed by atoms with Crippen molar-refractivity contribution in [2.24, 2.45) is 5.73 Å². The van der Waals surface area contributed by atoms with Crippen LogP contribution in [0.3, 0.4) is 0 Å². The number of ether oxygens (including phenoxy) is 1. The summed E-state index contributed by atoms with van der Waals surface area (Å²) in [5, 5.41) is 14.6. The molecule has 3 aliphatic heterocycles. The minimum absolute atomic E-state index is 0.336. The first-order valence-corrected chi connectivity index (χ1v) is 13.2. The zero-order valence-corrected chi connectivity index (χ0v) is 22.4. The van der Waals surface area contributed by atoms with Crippen molar-refractivity contribution in [3.63, 3.8) is 0 Å². The largest absolute Gasteiger partial charge is 0.462 e. The molecule has 4 N–H and O–H groups in total. The van der Waals surface area contributed by atoms with Gasteiger partial charge in [0.15, 0.2) is 0 Å². The summed E-state index contributed by atoms with van der Waals surface area (Å²) in [6, 6.07) is 12.9. The Kier molecular flexibility index (Phi) is 7.34. The highest BCUT2D eigenvalue weighted by molar-refractivity contribution is 6.30. The highest BCUT2D eigenvalue weighted by Crippen LogP contribution is 2.40. The van der Waals surface area contributed by atoms with E-state index in [9.17, 15) is 9.90 Å². The Balaban J connectivity index is 1.37. The summed E-state index contributed by atoms with van der Waals surface area (Å²) in [6.45, 7) is 6.41. The zero-order valence-electron chi connectivity index (χ0n) is 21.7. The van der Waals surface area contributed by atoms with Gasteiger partial charge in [0.1, 0.15) is 18.1 Å². The normalized spacial score (nSPS) is 20.5. The summed E-state index contributed by atoms with van der Waals surface area (Å²) in [6.07, 6.45) is 10.6. The number of dihydropyridines is 1. The Bertz CT molecular complexity index is 1340. The van der Waals surface area contributed by atoms with Crippen LogP contribution < -0.4 is 20.7 Å². The van der Waals surface area contributed by atoms with Crippen LogP contribution in [0, 0.1) is 0 Å². The van der Waals surface area contributed by atoms with Gasteiger partial charge in [-0.1, -0.05) is 29.8 Å². The Morgan fingerprint density at radius 2 is 2.03 bits per heavy atom. The van der Waals surface area contributed by atoms with E-state index in [2.05, 4.69) is 27.3 Å². The van der Waals surface area contributed by atoms with Gasteiger partial charge in [0.2, 0.25) is 5.91 Å². The summed E-state index contributed by atoms with van der Waals surface area (Å²) >= 11 is 6.05. The van der Waals surface area contributed by atoms with Crippen molar-refractivity contribution in [3.05, 3.63) is 101 Å². The number of anilines is 1. The first-order chi connectivity index (χ1) is 18.2. The maximum absolute atomic E-state index is 12.4. The average molecular weight is 533 g/mol. The van der Waals surface area contributed by atoms with Crippen LogP contribution in [-0.4, -0.2) is 48.1 Å². The van der Waals surface area contributed by atoms with Crippen LogP contribution in [0.15, 0.2) is 84.4 Å². The molecule has 0 radical (unpaired) electrons. The van der Waals surface area contributed by atoms with Crippen molar-refractivity contribution < 1.29 is 14.6 Å². The predicted octanol–water partition coefficient (Wildman–Crippen LogP) is 4.29. The van der Waals surface area contributed by atoms with Crippen molar-refractivity contribution in [2.75, 3.05) is 31.1 Å². The molecule has 5 rings (SSSR count). The highest BCUT2D eigenvalue weighted by atomic mass is 35.5. The van der Waals surface area contributed by atoms with Gasteiger partial charge in [0.25, 0.3) is 0 Å². The molecule has 1 amide bonds. The van der Waals surface area contributed by atoms with Crippen LogP contribution in [0.5, 0.6) is 5.75 Å². The number of allylic oxidation sites excluding steroid dienone is 3. The molecule has 7 nitrogen and oxygen atoms in total. The van der Waals surface area contributed by atoms with E-state index in [-0.39, 0.29) is 5.91 Å². The molecule has 1 fully saturated rings. The minimum Gasteiger partial charge on any atom is -0.462 e. The summed E-state index contributed by atoms with van der Waals surface area (Å²) in [5.74, 6) is 0.399. The number of nitrogens with one attached hydrogen (secondary N) is 1. The summed E-state index contributed by atoms with van der Waals surface area (Å²) in [4.78, 5) is 16.7. The van der Waals surface area contributed by atoms with Crippen molar-refractivity contribution in [2.45, 2.75) is 31.9 Å². The number of benzene rings is 2. The van der Waals surface area contributed by atoms with Crippen molar-refractivity contribution in [1.29, 1.82) is 0 Å². The molecule has 0 aliphatic carbocycles. The lowest BCUT2D eigenvalue weighted by Crippen LogP contribution is -2.58. The lowest BCUT2D eigenvalue weighted by Gasteiger charge is -2.41. The molecule has 0 bridgehead atoms. The quantitative estimate of drug-likeness (QED) is 0.514. The molecule has 1 atom stereocenters.